The highest BCUT2D eigenvalue weighted by Crippen LogP contribution is 2.37. The van der Waals surface area contributed by atoms with Crippen LogP contribution in [-0.4, -0.2) is 46.6 Å². The molecule has 1 fully saturated rings. The number of halogens is 1. The van der Waals surface area contributed by atoms with Crippen LogP contribution in [0.2, 0.25) is 0 Å². The van der Waals surface area contributed by atoms with Crippen molar-refractivity contribution in [1.29, 1.82) is 0 Å². The normalized spacial score (nSPS) is 17.1. The number of imidazole rings is 1. The molecule has 0 unspecified atom stereocenters. The number of fused-ring (bicyclic) bond motifs is 2. The maximum atomic E-state index is 4.89. The summed E-state index contributed by atoms with van der Waals surface area (Å²) in [7, 11) is 0. The number of aromatic nitrogens is 2. The van der Waals surface area contributed by atoms with E-state index in [-0.39, 0.29) is 17.0 Å². The highest BCUT2D eigenvalue weighted by Gasteiger charge is 2.22. The van der Waals surface area contributed by atoms with Gasteiger partial charge in [0, 0.05) is 43.5 Å². The molecule has 1 aromatic carbocycles. The molecule has 21 heavy (non-hydrogen) atoms. The third-order valence-corrected chi connectivity index (χ3v) is 4.56. The van der Waals surface area contributed by atoms with E-state index in [9.17, 15) is 0 Å². The smallest absolute Gasteiger partial charge is 0.212 e. The van der Waals surface area contributed by atoms with Gasteiger partial charge < -0.3 is 10.2 Å². The topological polar surface area (TPSA) is 45.5 Å². The number of aliphatic imine (C=N–C) groups is 1. The van der Waals surface area contributed by atoms with Crippen LogP contribution in [0, 0.1) is 0 Å². The minimum atomic E-state index is 0. The minimum absolute atomic E-state index is 0. The minimum Gasteiger partial charge on any atom is -0.339 e. The van der Waals surface area contributed by atoms with Gasteiger partial charge in [-0.15, -0.1) is 17.0 Å². The van der Waals surface area contributed by atoms with Crippen LogP contribution in [0.5, 0.6) is 0 Å². The molecule has 3 heterocycles. The molecule has 0 spiro atoms. The predicted molar refractivity (Wildman–Crippen MR) is 90.0 cm³/mol. The first-order valence-electron chi connectivity index (χ1n) is 6.77. The fourth-order valence-electron chi connectivity index (χ4n) is 2.50. The molecule has 110 valence electrons. The molecule has 2 aliphatic rings. The number of nitrogens with one attached hydrogen (secondary N) is 1. The van der Waals surface area contributed by atoms with Crippen molar-refractivity contribution in [2.45, 2.75) is 10.1 Å². The monoisotopic (exact) mass is 365 g/mol. The Morgan fingerprint density at radius 3 is 2.81 bits per heavy atom. The van der Waals surface area contributed by atoms with Gasteiger partial charge in [-0.1, -0.05) is 12.1 Å². The van der Waals surface area contributed by atoms with Gasteiger partial charge in [0.2, 0.25) is 5.96 Å². The third-order valence-electron chi connectivity index (χ3n) is 3.51. The SMILES string of the molecule is Br.c1ccc2c(c1)N=C(N1CCNCC1)n1ccnc1S2. The maximum absolute atomic E-state index is 4.89. The summed E-state index contributed by atoms with van der Waals surface area (Å²) in [6.07, 6.45) is 3.84. The Kier molecular flexibility index (Phi) is 4.32. The number of hydrogen-bond donors (Lipinski definition) is 1. The summed E-state index contributed by atoms with van der Waals surface area (Å²) >= 11 is 1.67. The lowest BCUT2D eigenvalue weighted by atomic mass is 10.3. The standard InChI is InChI=1S/C14H15N5S.BrH/c1-2-4-12-11(3-1)17-13(18-8-5-15-6-9-18)19-10-7-16-14(19)20-12;/h1-4,7,10,15H,5-6,8-9H2;1H. The van der Waals surface area contributed by atoms with Crippen LogP contribution in [-0.2, 0) is 0 Å². The average Bonchev–Trinajstić information content (AvgIpc) is 2.89. The van der Waals surface area contributed by atoms with Crippen LogP contribution in [0.25, 0.3) is 0 Å². The van der Waals surface area contributed by atoms with Crippen LogP contribution in [0.1, 0.15) is 0 Å². The van der Waals surface area contributed by atoms with Crippen molar-refractivity contribution in [3.63, 3.8) is 0 Å². The van der Waals surface area contributed by atoms with E-state index < -0.39 is 0 Å². The fraction of sp³-hybridized carbons (Fsp3) is 0.286. The van der Waals surface area contributed by atoms with Crippen molar-refractivity contribution in [1.82, 2.24) is 19.8 Å². The van der Waals surface area contributed by atoms with Crippen molar-refractivity contribution < 1.29 is 0 Å². The zero-order valence-electron chi connectivity index (χ0n) is 11.4. The molecule has 4 rings (SSSR count). The lowest BCUT2D eigenvalue weighted by molar-refractivity contribution is 0.347. The molecule has 7 heteroatoms. The number of hydrogen-bond acceptors (Lipinski definition) is 5. The van der Waals surface area contributed by atoms with Crippen LogP contribution < -0.4 is 5.32 Å². The zero-order chi connectivity index (χ0) is 13.4. The molecule has 0 radical (unpaired) electrons. The second kappa shape index (κ2) is 6.21. The van der Waals surface area contributed by atoms with E-state index >= 15 is 0 Å². The van der Waals surface area contributed by atoms with Crippen molar-refractivity contribution in [3.8, 4) is 0 Å². The van der Waals surface area contributed by atoms with Crippen LogP contribution in [0.3, 0.4) is 0 Å². The van der Waals surface area contributed by atoms with Gasteiger partial charge in [0.15, 0.2) is 5.16 Å². The Balaban J connectivity index is 0.00000132. The molecular weight excluding hydrogens is 350 g/mol. The molecule has 2 aliphatic heterocycles. The Labute approximate surface area is 138 Å². The number of para-hydroxylation sites is 1. The van der Waals surface area contributed by atoms with Gasteiger partial charge in [-0.25, -0.2) is 9.98 Å². The number of nitrogens with zero attached hydrogens (tertiary/aromatic N) is 4. The molecule has 0 saturated carbocycles. The molecule has 1 saturated heterocycles. The molecule has 0 atom stereocenters. The molecule has 2 aromatic rings. The summed E-state index contributed by atoms with van der Waals surface area (Å²) in [5.74, 6) is 0.983. The Morgan fingerprint density at radius 2 is 1.95 bits per heavy atom. The Morgan fingerprint density at radius 1 is 1.14 bits per heavy atom. The molecule has 5 nitrogen and oxygen atoms in total. The third kappa shape index (κ3) is 2.73. The van der Waals surface area contributed by atoms with E-state index in [0.29, 0.717) is 0 Å². The van der Waals surface area contributed by atoms with Gasteiger partial charge in [-0.3, -0.25) is 4.57 Å². The van der Waals surface area contributed by atoms with Crippen molar-refractivity contribution in [2.75, 3.05) is 26.2 Å². The maximum Gasteiger partial charge on any atom is 0.212 e. The summed E-state index contributed by atoms with van der Waals surface area (Å²) in [5.41, 5.74) is 1.02. The van der Waals surface area contributed by atoms with Crippen LogP contribution >= 0.6 is 28.7 Å². The number of benzene rings is 1. The highest BCUT2D eigenvalue weighted by atomic mass is 79.9. The number of piperazine rings is 1. The van der Waals surface area contributed by atoms with Crippen molar-refractivity contribution in [3.05, 3.63) is 36.7 Å². The quantitative estimate of drug-likeness (QED) is 0.778. The summed E-state index contributed by atoms with van der Waals surface area (Å²) in [4.78, 5) is 12.8. The van der Waals surface area contributed by atoms with Crippen LogP contribution in [0.4, 0.5) is 5.69 Å². The lowest BCUT2D eigenvalue weighted by Gasteiger charge is -2.30. The molecule has 0 amide bonds. The van der Waals surface area contributed by atoms with Crippen LogP contribution in [0.15, 0.2) is 51.7 Å². The largest absolute Gasteiger partial charge is 0.339 e. The second-order valence-corrected chi connectivity index (χ2v) is 5.81. The van der Waals surface area contributed by atoms with Gasteiger partial charge in [0.1, 0.15) is 0 Å². The van der Waals surface area contributed by atoms with E-state index in [1.807, 2.05) is 24.5 Å². The van der Waals surface area contributed by atoms with Gasteiger partial charge >= 0.3 is 0 Å². The summed E-state index contributed by atoms with van der Waals surface area (Å²) in [6, 6.07) is 8.25. The van der Waals surface area contributed by atoms with E-state index in [4.69, 9.17) is 4.99 Å². The average molecular weight is 366 g/mol. The molecule has 1 N–H and O–H groups in total. The molecule has 1 aromatic heterocycles. The molecular formula is C14H16BrN5S. The second-order valence-electron chi connectivity index (χ2n) is 4.80. The van der Waals surface area contributed by atoms with Gasteiger partial charge in [0.05, 0.1) is 5.69 Å². The fourth-order valence-corrected chi connectivity index (χ4v) is 3.42. The van der Waals surface area contributed by atoms with Gasteiger partial charge in [-0.2, -0.15) is 0 Å². The van der Waals surface area contributed by atoms with Crippen molar-refractivity contribution in [2.24, 2.45) is 4.99 Å². The first-order valence-corrected chi connectivity index (χ1v) is 7.58. The predicted octanol–water partition coefficient (Wildman–Crippen LogP) is 2.37. The van der Waals surface area contributed by atoms with Gasteiger partial charge in [-0.05, 0) is 23.9 Å². The summed E-state index contributed by atoms with van der Waals surface area (Å²) in [5, 5.41) is 4.36. The first kappa shape index (κ1) is 14.6. The summed E-state index contributed by atoms with van der Waals surface area (Å²) < 4.78 is 2.09. The van der Waals surface area contributed by atoms with E-state index in [1.54, 1.807) is 11.8 Å². The number of rotatable bonds is 0. The van der Waals surface area contributed by atoms with Gasteiger partial charge in [0.25, 0.3) is 0 Å². The molecule has 0 bridgehead atoms. The van der Waals surface area contributed by atoms with E-state index in [0.717, 1.165) is 47.9 Å². The lowest BCUT2D eigenvalue weighted by Crippen LogP contribution is -2.48. The Hall–Kier alpha value is -1.31. The zero-order valence-corrected chi connectivity index (χ0v) is 13.9. The molecule has 0 aliphatic carbocycles. The van der Waals surface area contributed by atoms with E-state index in [2.05, 4.69) is 31.9 Å². The summed E-state index contributed by atoms with van der Waals surface area (Å²) in [6.45, 7) is 3.95. The van der Waals surface area contributed by atoms with E-state index in [1.165, 1.54) is 0 Å². The van der Waals surface area contributed by atoms with Crippen molar-refractivity contribution >= 4 is 40.4 Å². The first-order chi connectivity index (χ1) is 9.92. The Bertz CT molecular complexity index is 663. The highest BCUT2D eigenvalue weighted by molar-refractivity contribution is 8.93.